The van der Waals surface area contributed by atoms with E-state index in [4.69, 9.17) is 0 Å². The van der Waals surface area contributed by atoms with Crippen LogP contribution in [0.1, 0.15) is 96.0 Å². The Morgan fingerprint density at radius 2 is 1.45 bits per heavy atom. The Kier molecular flexibility index (Phi) is 8.20. The molecule has 2 fully saturated rings. The van der Waals surface area contributed by atoms with Crippen molar-refractivity contribution in [1.29, 1.82) is 0 Å². The lowest BCUT2D eigenvalue weighted by molar-refractivity contribution is 0.169. The zero-order chi connectivity index (χ0) is 23.4. The molecule has 0 spiro atoms. The molecule has 33 heavy (non-hydrogen) atoms. The Morgan fingerprint density at radius 3 is 2.09 bits per heavy atom. The number of hydrogen-bond acceptors (Lipinski definition) is 0. The van der Waals surface area contributed by atoms with E-state index in [1.807, 2.05) is 6.07 Å². The molecule has 3 heteroatoms. The van der Waals surface area contributed by atoms with Crippen molar-refractivity contribution in [3.05, 3.63) is 59.4 Å². The van der Waals surface area contributed by atoms with E-state index in [9.17, 15) is 13.2 Å². The monoisotopic (exact) mass is 456 g/mol. The summed E-state index contributed by atoms with van der Waals surface area (Å²) in [5.41, 5.74) is 1.74. The molecule has 2 aromatic rings. The van der Waals surface area contributed by atoms with Crippen LogP contribution < -0.4 is 0 Å². The third kappa shape index (κ3) is 6.03. The van der Waals surface area contributed by atoms with Gasteiger partial charge in [0.05, 0.1) is 0 Å². The molecule has 0 bridgehead atoms. The van der Waals surface area contributed by atoms with E-state index in [0.29, 0.717) is 17.0 Å². The fourth-order valence-electron chi connectivity index (χ4n) is 6.59. The first-order valence-corrected chi connectivity index (χ1v) is 13.2. The van der Waals surface area contributed by atoms with Crippen molar-refractivity contribution < 1.29 is 13.2 Å². The lowest BCUT2D eigenvalue weighted by Crippen LogP contribution is -2.23. The van der Waals surface area contributed by atoms with Crippen molar-refractivity contribution in [2.45, 2.75) is 90.4 Å². The van der Waals surface area contributed by atoms with Gasteiger partial charge in [0.25, 0.3) is 0 Å². The van der Waals surface area contributed by atoms with Crippen molar-refractivity contribution in [2.75, 3.05) is 0 Å². The Balaban J connectivity index is 1.29. The van der Waals surface area contributed by atoms with E-state index in [-0.39, 0.29) is 5.82 Å². The minimum Gasteiger partial charge on any atom is -0.206 e. The summed E-state index contributed by atoms with van der Waals surface area (Å²) in [6, 6.07) is 8.85. The maximum Gasteiger partial charge on any atom is 0.159 e. The van der Waals surface area contributed by atoms with Crippen molar-refractivity contribution in [3.8, 4) is 11.1 Å². The van der Waals surface area contributed by atoms with Crippen LogP contribution in [0.2, 0.25) is 0 Å². The summed E-state index contributed by atoms with van der Waals surface area (Å²) in [6.45, 7) is 4.78. The first kappa shape index (κ1) is 24.4. The number of halogens is 3. The quantitative estimate of drug-likeness (QED) is 0.389. The van der Waals surface area contributed by atoms with Crippen LogP contribution in [0.25, 0.3) is 11.1 Å². The number of benzene rings is 2. The van der Waals surface area contributed by atoms with Crippen molar-refractivity contribution in [1.82, 2.24) is 0 Å². The highest BCUT2D eigenvalue weighted by Crippen LogP contribution is 2.42. The van der Waals surface area contributed by atoms with E-state index in [1.54, 1.807) is 12.1 Å². The van der Waals surface area contributed by atoms with Crippen LogP contribution in [-0.2, 0) is 0 Å². The Hall–Kier alpha value is -1.77. The van der Waals surface area contributed by atoms with Gasteiger partial charge in [0.2, 0.25) is 0 Å². The molecule has 2 saturated carbocycles. The number of rotatable bonds is 7. The lowest BCUT2D eigenvalue weighted by Gasteiger charge is -2.36. The maximum absolute atomic E-state index is 14.8. The minimum atomic E-state index is -0.947. The van der Waals surface area contributed by atoms with E-state index in [1.165, 1.54) is 63.9 Å². The first-order valence-electron chi connectivity index (χ1n) is 13.2. The van der Waals surface area contributed by atoms with Gasteiger partial charge >= 0.3 is 0 Å². The highest BCUT2D eigenvalue weighted by Gasteiger charge is 2.29. The standard InChI is InChI=1S/C30H39F3/c1-3-4-21-5-9-23(10-6-21)20(2)17-22-7-11-24(12-8-22)25-13-15-27(29(32)18-25)26-14-16-28(31)30(33)19-26/h13-16,18-24H,3-12,17H2,1-2H3. The molecule has 0 aliphatic heterocycles. The van der Waals surface area contributed by atoms with Crippen LogP contribution in [0.3, 0.4) is 0 Å². The maximum atomic E-state index is 14.8. The van der Waals surface area contributed by atoms with E-state index < -0.39 is 11.6 Å². The zero-order valence-electron chi connectivity index (χ0n) is 20.3. The highest BCUT2D eigenvalue weighted by molar-refractivity contribution is 5.64. The van der Waals surface area contributed by atoms with Gasteiger partial charge in [0, 0.05) is 5.56 Å². The molecule has 0 heterocycles. The predicted octanol–water partition coefficient (Wildman–Crippen LogP) is 9.68. The second-order valence-electron chi connectivity index (χ2n) is 10.9. The molecule has 2 aliphatic rings. The average Bonchev–Trinajstić information content (AvgIpc) is 2.82. The molecule has 2 aromatic carbocycles. The number of hydrogen-bond donors (Lipinski definition) is 0. The first-order chi connectivity index (χ1) is 15.9. The molecular formula is C30H39F3. The molecule has 0 N–H and O–H groups in total. The minimum absolute atomic E-state index is 0.328. The summed E-state index contributed by atoms with van der Waals surface area (Å²) in [5.74, 6) is 1.69. The van der Waals surface area contributed by atoms with Gasteiger partial charge in [-0.15, -0.1) is 0 Å². The Bertz CT molecular complexity index is 905. The third-order valence-corrected chi connectivity index (χ3v) is 8.64. The van der Waals surface area contributed by atoms with E-state index >= 15 is 0 Å². The van der Waals surface area contributed by atoms with E-state index in [2.05, 4.69) is 13.8 Å². The van der Waals surface area contributed by atoms with Gasteiger partial charge in [-0.3, -0.25) is 0 Å². The van der Waals surface area contributed by atoms with Crippen molar-refractivity contribution in [2.24, 2.45) is 23.7 Å². The van der Waals surface area contributed by atoms with Gasteiger partial charge in [-0.2, -0.15) is 0 Å². The summed E-state index contributed by atoms with van der Waals surface area (Å²) in [6.07, 6.45) is 14.5. The summed E-state index contributed by atoms with van der Waals surface area (Å²) in [4.78, 5) is 0. The fourth-order valence-corrected chi connectivity index (χ4v) is 6.59. The Labute approximate surface area is 198 Å². The largest absolute Gasteiger partial charge is 0.206 e. The van der Waals surface area contributed by atoms with Gasteiger partial charge in [0.15, 0.2) is 11.6 Å². The normalized spacial score (nSPS) is 26.8. The predicted molar refractivity (Wildman–Crippen MR) is 131 cm³/mol. The molecule has 0 radical (unpaired) electrons. The SMILES string of the molecule is CCCC1CCC(C(C)CC2CCC(c3ccc(-c4ccc(F)c(F)c4)c(F)c3)CC2)CC1. The van der Waals surface area contributed by atoms with Crippen LogP contribution in [0.4, 0.5) is 13.2 Å². The van der Waals surface area contributed by atoms with Crippen molar-refractivity contribution >= 4 is 0 Å². The second kappa shape index (κ2) is 11.1. The van der Waals surface area contributed by atoms with Gasteiger partial charge in [0.1, 0.15) is 5.82 Å². The third-order valence-electron chi connectivity index (χ3n) is 8.64. The van der Waals surface area contributed by atoms with Gasteiger partial charge in [-0.1, -0.05) is 57.7 Å². The van der Waals surface area contributed by atoms with Gasteiger partial charge in [-0.05, 0) is 104 Å². The molecule has 0 amide bonds. The molecular weight excluding hydrogens is 417 g/mol. The average molecular weight is 457 g/mol. The second-order valence-corrected chi connectivity index (χ2v) is 10.9. The van der Waals surface area contributed by atoms with Crippen molar-refractivity contribution in [3.63, 3.8) is 0 Å². The molecule has 180 valence electrons. The topological polar surface area (TPSA) is 0 Å². The fraction of sp³-hybridized carbons (Fsp3) is 0.600. The van der Waals surface area contributed by atoms with Crippen LogP contribution in [0.15, 0.2) is 36.4 Å². The van der Waals surface area contributed by atoms with Crippen LogP contribution >= 0.6 is 0 Å². The van der Waals surface area contributed by atoms with Crippen LogP contribution in [0, 0.1) is 41.1 Å². The molecule has 0 aromatic heterocycles. The summed E-state index contributed by atoms with van der Waals surface area (Å²) in [7, 11) is 0. The van der Waals surface area contributed by atoms with Gasteiger partial charge in [-0.25, -0.2) is 13.2 Å². The Morgan fingerprint density at radius 1 is 0.758 bits per heavy atom. The molecule has 1 unspecified atom stereocenters. The highest BCUT2D eigenvalue weighted by atomic mass is 19.2. The zero-order valence-corrected chi connectivity index (χ0v) is 20.3. The van der Waals surface area contributed by atoms with Crippen LogP contribution in [-0.4, -0.2) is 0 Å². The molecule has 4 rings (SSSR count). The van der Waals surface area contributed by atoms with Gasteiger partial charge < -0.3 is 0 Å². The molecule has 0 saturated heterocycles. The van der Waals surface area contributed by atoms with E-state index in [0.717, 1.165) is 54.2 Å². The molecule has 2 aliphatic carbocycles. The molecule has 0 nitrogen and oxygen atoms in total. The summed E-state index contributed by atoms with van der Waals surface area (Å²) in [5, 5.41) is 0. The summed E-state index contributed by atoms with van der Waals surface area (Å²) >= 11 is 0. The van der Waals surface area contributed by atoms with Crippen LogP contribution in [0.5, 0.6) is 0 Å². The lowest BCUT2D eigenvalue weighted by atomic mass is 9.70. The smallest absolute Gasteiger partial charge is 0.159 e. The summed E-state index contributed by atoms with van der Waals surface area (Å²) < 4.78 is 41.6. The molecule has 1 atom stereocenters.